The van der Waals surface area contributed by atoms with E-state index >= 15 is 0 Å². The molecule has 19 heavy (non-hydrogen) atoms. The predicted octanol–water partition coefficient (Wildman–Crippen LogP) is 3.09. The molecule has 5 heteroatoms. The summed E-state index contributed by atoms with van der Waals surface area (Å²) in [6.07, 6.45) is 2.74. The second-order valence-corrected chi connectivity index (χ2v) is 5.41. The monoisotopic (exact) mass is 319 g/mol. The van der Waals surface area contributed by atoms with Crippen LogP contribution in [0.2, 0.25) is 0 Å². The highest BCUT2D eigenvalue weighted by molar-refractivity contribution is 9.10. The first-order valence-electron chi connectivity index (χ1n) is 6.20. The highest BCUT2D eigenvalue weighted by Crippen LogP contribution is 2.33. The third kappa shape index (κ3) is 2.71. The lowest BCUT2D eigenvalue weighted by Gasteiger charge is -2.10. The van der Waals surface area contributed by atoms with Gasteiger partial charge in [-0.25, -0.2) is 9.97 Å². The maximum absolute atomic E-state index is 5.70. The van der Waals surface area contributed by atoms with E-state index in [1.807, 2.05) is 13.0 Å². The first-order chi connectivity index (χ1) is 9.22. The van der Waals surface area contributed by atoms with Crippen molar-refractivity contribution in [2.75, 3.05) is 11.9 Å². The van der Waals surface area contributed by atoms with E-state index in [2.05, 4.69) is 43.3 Å². The Bertz CT molecular complexity index is 616. The minimum atomic E-state index is 0.693. The molecule has 0 unspecified atom stereocenters. The standard InChI is InChI=1S/C14H14BrN3O/c1-9-16-4-2-13(18-9)17-8-11-7-12(15)6-10-3-5-19-14(10)11/h2,4,6-7H,3,5,8H2,1H3,(H,16,17,18). The number of aryl methyl sites for hydroxylation is 1. The number of fused-ring (bicyclic) bond motifs is 1. The van der Waals surface area contributed by atoms with Crippen LogP contribution in [-0.2, 0) is 13.0 Å². The van der Waals surface area contributed by atoms with Crippen LogP contribution < -0.4 is 10.1 Å². The van der Waals surface area contributed by atoms with E-state index in [1.165, 1.54) is 5.56 Å². The second-order valence-electron chi connectivity index (χ2n) is 4.49. The van der Waals surface area contributed by atoms with Gasteiger partial charge in [0.15, 0.2) is 0 Å². The van der Waals surface area contributed by atoms with Crippen LogP contribution in [0.25, 0.3) is 0 Å². The molecular formula is C14H14BrN3O. The van der Waals surface area contributed by atoms with Gasteiger partial charge in [0.05, 0.1) is 6.61 Å². The Balaban J connectivity index is 1.81. The number of rotatable bonds is 3. The van der Waals surface area contributed by atoms with Crippen LogP contribution in [0.3, 0.4) is 0 Å². The second kappa shape index (κ2) is 5.17. The van der Waals surface area contributed by atoms with E-state index in [-0.39, 0.29) is 0 Å². The van der Waals surface area contributed by atoms with Crippen LogP contribution >= 0.6 is 15.9 Å². The third-order valence-electron chi connectivity index (χ3n) is 3.06. The highest BCUT2D eigenvalue weighted by atomic mass is 79.9. The number of nitrogens with one attached hydrogen (secondary N) is 1. The van der Waals surface area contributed by atoms with Crippen molar-refractivity contribution < 1.29 is 4.74 Å². The molecule has 1 aliphatic heterocycles. The van der Waals surface area contributed by atoms with Gasteiger partial charge in [-0.2, -0.15) is 0 Å². The largest absolute Gasteiger partial charge is 0.493 e. The van der Waals surface area contributed by atoms with Crippen LogP contribution in [0.5, 0.6) is 5.75 Å². The van der Waals surface area contributed by atoms with Crippen LogP contribution in [0.15, 0.2) is 28.9 Å². The van der Waals surface area contributed by atoms with E-state index < -0.39 is 0 Å². The highest BCUT2D eigenvalue weighted by Gasteiger charge is 2.17. The topological polar surface area (TPSA) is 47.0 Å². The smallest absolute Gasteiger partial charge is 0.129 e. The lowest BCUT2D eigenvalue weighted by molar-refractivity contribution is 0.354. The van der Waals surface area contributed by atoms with E-state index in [9.17, 15) is 0 Å². The molecule has 0 saturated carbocycles. The summed E-state index contributed by atoms with van der Waals surface area (Å²) in [4.78, 5) is 8.41. The average Bonchev–Trinajstić information content (AvgIpc) is 2.84. The quantitative estimate of drug-likeness (QED) is 0.944. The number of halogens is 1. The van der Waals surface area contributed by atoms with Crippen molar-refractivity contribution in [3.63, 3.8) is 0 Å². The van der Waals surface area contributed by atoms with Gasteiger partial charge in [0.25, 0.3) is 0 Å². The van der Waals surface area contributed by atoms with Crippen molar-refractivity contribution in [3.8, 4) is 5.75 Å². The van der Waals surface area contributed by atoms with E-state index in [4.69, 9.17) is 4.74 Å². The maximum atomic E-state index is 5.70. The molecule has 0 atom stereocenters. The molecule has 2 heterocycles. The molecule has 1 aliphatic rings. The van der Waals surface area contributed by atoms with Crippen molar-refractivity contribution in [3.05, 3.63) is 45.8 Å². The lowest BCUT2D eigenvalue weighted by atomic mass is 10.1. The minimum Gasteiger partial charge on any atom is -0.493 e. The number of anilines is 1. The molecule has 2 aromatic rings. The number of aromatic nitrogens is 2. The number of ether oxygens (including phenoxy) is 1. The van der Waals surface area contributed by atoms with E-state index in [0.29, 0.717) is 6.54 Å². The van der Waals surface area contributed by atoms with Gasteiger partial charge in [0.2, 0.25) is 0 Å². The summed E-state index contributed by atoms with van der Waals surface area (Å²) in [5.74, 6) is 2.61. The lowest BCUT2D eigenvalue weighted by Crippen LogP contribution is -2.04. The first kappa shape index (κ1) is 12.4. The van der Waals surface area contributed by atoms with Crippen molar-refractivity contribution in [1.82, 2.24) is 9.97 Å². The van der Waals surface area contributed by atoms with Gasteiger partial charge in [-0.15, -0.1) is 0 Å². The molecule has 0 fully saturated rings. The fourth-order valence-corrected chi connectivity index (χ4v) is 2.77. The summed E-state index contributed by atoms with van der Waals surface area (Å²) < 4.78 is 6.79. The SMILES string of the molecule is Cc1nccc(NCc2cc(Br)cc3c2OCC3)n1. The summed E-state index contributed by atoms with van der Waals surface area (Å²) >= 11 is 3.54. The zero-order valence-corrected chi connectivity index (χ0v) is 12.2. The Hall–Kier alpha value is -1.62. The molecular weight excluding hydrogens is 306 g/mol. The summed E-state index contributed by atoms with van der Waals surface area (Å²) in [6.45, 7) is 3.34. The number of nitrogens with zero attached hydrogens (tertiary/aromatic N) is 2. The zero-order valence-electron chi connectivity index (χ0n) is 10.6. The average molecular weight is 320 g/mol. The van der Waals surface area contributed by atoms with Gasteiger partial charge >= 0.3 is 0 Å². The van der Waals surface area contributed by atoms with Crippen molar-refractivity contribution in [2.45, 2.75) is 19.9 Å². The Morgan fingerprint density at radius 1 is 1.42 bits per heavy atom. The Kier molecular flexibility index (Phi) is 3.38. The molecule has 1 aromatic carbocycles. The van der Waals surface area contributed by atoms with Gasteiger partial charge in [-0.1, -0.05) is 15.9 Å². The molecule has 0 aliphatic carbocycles. The zero-order chi connectivity index (χ0) is 13.2. The van der Waals surface area contributed by atoms with Gasteiger partial charge in [0.1, 0.15) is 17.4 Å². The third-order valence-corrected chi connectivity index (χ3v) is 3.52. The molecule has 4 nitrogen and oxygen atoms in total. The van der Waals surface area contributed by atoms with Crippen molar-refractivity contribution in [2.24, 2.45) is 0 Å². The van der Waals surface area contributed by atoms with Gasteiger partial charge in [-0.05, 0) is 30.7 Å². The van der Waals surface area contributed by atoms with E-state index in [1.54, 1.807) is 6.20 Å². The molecule has 3 rings (SSSR count). The van der Waals surface area contributed by atoms with Gasteiger partial charge in [0, 0.05) is 29.2 Å². The van der Waals surface area contributed by atoms with Crippen LogP contribution in [-0.4, -0.2) is 16.6 Å². The number of hydrogen-bond acceptors (Lipinski definition) is 4. The van der Waals surface area contributed by atoms with Crippen molar-refractivity contribution >= 4 is 21.7 Å². The van der Waals surface area contributed by atoms with Crippen molar-refractivity contribution in [1.29, 1.82) is 0 Å². The summed E-state index contributed by atoms with van der Waals surface area (Å²) in [6, 6.07) is 6.08. The fraction of sp³-hybridized carbons (Fsp3) is 0.286. The normalized spacial score (nSPS) is 12.9. The van der Waals surface area contributed by atoms with Gasteiger partial charge < -0.3 is 10.1 Å². The molecule has 1 N–H and O–H groups in total. The molecule has 0 amide bonds. The molecule has 98 valence electrons. The fourth-order valence-electron chi connectivity index (χ4n) is 2.22. The molecule has 0 saturated heterocycles. The molecule has 0 radical (unpaired) electrons. The van der Waals surface area contributed by atoms with Crippen LogP contribution in [0, 0.1) is 6.92 Å². The van der Waals surface area contributed by atoms with Crippen LogP contribution in [0.4, 0.5) is 5.82 Å². The van der Waals surface area contributed by atoms with Gasteiger partial charge in [-0.3, -0.25) is 0 Å². The Labute approximate surface area is 120 Å². The summed E-state index contributed by atoms with van der Waals surface area (Å²) in [7, 11) is 0. The molecule has 0 bridgehead atoms. The number of hydrogen-bond donors (Lipinski definition) is 1. The molecule has 0 spiro atoms. The number of benzene rings is 1. The van der Waals surface area contributed by atoms with E-state index in [0.717, 1.165) is 40.5 Å². The summed E-state index contributed by atoms with van der Waals surface area (Å²) in [5.41, 5.74) is 2.42. The Morgan fingerprint density at radius 2 is 2.32 bits per heavy atom. The maximum Gasteiger partial charge on any atom is 0.129 e. The summed E-state index contributed by atoms with van der Waals surface area (Å²) in [5, 5.41) is 3.31. The minimum absolute atomic E-state index is 0.693. The predicted molar refractivity (Wildman–Crippen MR) is 77.4 cm³/mol. The first-order valence-corrected chi connectivity index (χ1v) is 6.99. The van der Waals surface area contributed by atoms with Crippen LogP contribution in [0.1, 0.15) is 17.0 Å². The Morgan fingerprint density at radius 3 is 3.16 bits per heavy atom. The molecule has 1 aromatic heterocycles.